The number of amides is 1. The quantitative estimate of drug-likeness (QED) is 0.385. The molecule has 2 aromatic heterocycles. The SMILES string of the molecule is C#CCn1c(=NC(=O)c2cc3ccccc3oc2=O)sc2cc(OCC)ccc21. The summed E-state index contributed by atoms with van der Waals surface area (Å²) >= 11 is 1.30. The van der Waals surface area contributed by atoms with Crippen molar-refractivity contribution >= 4 is 38.4 Å². The predicted molar refractivity (Wildman–Crippen MR) is 112 cm³/mol. The Morgan fingerprint density at radius 2 is 2.10 bits per heavy atom. The van der Waals surface area contributed by atoms with Gasteiger partial charge in [0.2, 0.25) is 0 Å². The summed E-state index contributed by atoms with van der Waals surface area (Å²) in [5, 5.41) is 0.653. The normalized spacial score (nSPS) is 11.7. The van der Waals surface area contributed by atoms with Gasteiger partial charge in [-0.15, -0.1) is 6.42 Å². The fourth-order valence-corrected chi connectivity index (χ4v) is 4.05. The van der Waals surface area contributed by atoms with Gasteiger partial charge in [-0.3, -0.25) is 4.79 Å². The van der Waals surface area contributed by atoms with Gasteiger partial charge in [-0.25, -0.2) is 4.79 Å². The van der Waals surface area contributed by atoms with Gasteiger partial charge < -0.3 is 13.7 Å². The molecule has 2 aromatic carbocycles. The second kappa shape index (κ2) is 7.78. The van der Waals surface area contributed by atoms with Crippen molar-refractivity contribution in [2.75, 3.05) is 6.61 Å². The standard InChI is InChI=1S/C22H16N2O4S/c1-3-11-24-17-10-9-15(27-4-2)13-19(17)29-22(24)23-20(25)16-12-14-7-5-6-8-18(14)28-21(16)26/h1,5-10,12-13H,4,11H2,2H3. The molecular weight excluding hydrogens is 388 g/mol. The van der Waals surface area contributed by atoms with E-state index in [9.17, 15) is 9.59 Å². The molecule has 7 heteroatoms. The van der Waals surface area contributed by atoms with Crippen LogP contribution in [0.15, 0.2) is 62.7 Å². The van der Waals surface area contributed by atoms with Crippen molar-refractivity contribution in [1.29, 1.82) is 0 Å². The Balaban J connectivity index is 1.86. The Morgan fingerprint density at radius 1 is 1.28 bits per heavy atom. The first-order valence-electron chi connectivity index (χ1n) is 8.92. The number of benzene rings is 2. The Hall–Kier alpha value is -3.63. The Bertz CT molecular complexity index is 1400. The molecule has 6 nitrogen and oxygen atoms in total. The minimum Gasteiger partial charge on any atom is -0.494 e. The largest absolute Gasteiger partial charge is 0.494 e. The lowest BCUT2D eigenvalue weighted by Gasteiger charge is -2.03. The summed E-state index contributed by atoms with van der Waals surface area (Å²) in [7, 11) is 0. The fourth-order valence-electron chi connectivity index (χ4n) is 3.00. The number of nitrogens with zero attached hydrogens (tertiary/aromatic N) is 2. The van der Waals surface area contributed by atoms with E-state index in [1.54, 1.807) is 28.8 Å². The maximum absolute atomic E-state index is 12.8. The van der Waals surface area contributed by atoms with Crippen LogP contribution >= 0.6 is 11.3 Å². The number of ether oxygens (including phenoxy) is 1. The zero-order valence-corrected chi connectivity index (χ0v) is 16.4. The lowest BCUT2D eigenvalue weighted by molar-refractivity contribution is 0.0994. The lowest BCUT2D eigenvalue weighted by atomic mass is 10.2. The summed E-state index contributed by atoms with van der Waals surface area (Å²) in [4.78, 5) is 29.6. The van der Waals surface area contributed by atoms with Gasteiger partial charge in [-0.05, 0) is 37.3 Å². The van der Waals surface area contributed by atoms with Crippen molar-refractivity contribution < 1.29 is 13.9 Å². The minimum absolute atomic E-state index is 0.122. The van der Waals surface area contributed by atoms with Crippen LogP contribution in [0.4, 0.5) is 0 Å². The Morgan fingerprint density at radius 3 is 2.90 bits per heavy atom. The maximum Gasteiger partial charge on any atom is 0.349 e. The highest BCUT2D eigenvalue weighted by molar-refractivity contribution is 7.16. The molecule has 2 heterocycles. The van der Waals surface area contributed by atoms with Crippen molar-refractivity contribution in [2.24, 2.45) is 4.99 Å². The highest BCUT2D eigenvalue weighted by atomic mass is 32.1. The van der Waals surface area contributed by atoms with Crippen LogP contribution in [-0.2, 0) is 6.54 Å². The van der Waals surface area contributed by atoms with E-state index in [0.717, 1.165) is 16.0 Å². The van der Waals surface area contributed by atoms with E-state index in [2.05, 4.69) is 10.9 Å². The number of rotatable bonds is 4. The molecule has 0 bridgehead atoms. The number of carbonyl (C=O) groups is 1. The molecule has 0 radical (unpaired) electrons. The fraction of sp³-hybridized carbons (Fsp3) is 0.136. The van der Waals surface area contributed by atoms with E-state index in [4.69, 9.17) is 15.6 Å². The van der Waals surface area contributed by atoms with Gasteiger partial charge >= 0.3 is 5.63 Å². The van der Waals surface area contributed by atoms with E-state index in [0.29, 0.717) is 22.4 Å². The third-order valence-electron chi connectivity index (χ3n) is 4.28. The Kier molecular flexibility index (Phi) is 5.02. The summed E-state index contributed by atoms with van der Waals surface area (Å²) in [6.07, 6.45) is 5.50. The molecule has 0 saturated carbocycles. The molecule has 0 unspecified atom stereocenters. The number of thiazole rings is 1. The first kappa shape index (κ1) is 18.7. The van der Waals surface area contributed by atoms with E-state index < -0.39 is 11.5 Å². The van der Waals surface area contributed by atoms with Gasteiger partial charge in [0, 0.05) is 5.39 Å². The topological polar surface area (TPSA) is 73.8 Å². The minimum atomic E-state index is -0.722. The number of aromatic nitrogens is 1. The third-order valence-corrected chi connectivity index (χ3v) is 5.32. The summed E-state index contributed by atoms with van der Waals surface area (Å²) in [5.41, 5.74) is 0.416. The first-order valence-corrected chi connectivity index (χ1v) is 9.74. The number of carbonyl (C=O) groups excluding carboxylic acids is 1. The van der Waals surface area contributed by atoms with Crippen LogP contribution in [0.2, 0.25) is 0 Å². The summed E-state index contributed by atoms with van der Waals surface area (Å²) in [5.74, 6) is 2.63. The number of hydrogen-bond donors (Lipinski definition) is 0. The van der Waals surface area contributed by atoms with E-state index in [1.165, 1.54) is 17.4 Å². The van der Waals surface area contributed by atoms with Gasteiger partial charge in [-0.2, -0.15) is 4.99 Å². The zero-order valence-electron chi connectivity index (χ0n) is 15.5. The highest BCUT2D eigenvalue weighted by Crippen LogP contribution is 2.23. The second-order valence-corrected chi connectivity index (χ2v) is 7.15. The number of fused-ring (bicyclic) bond motifs is 2. The highest BCUT2D eigenvalue weighted by Gasteiger charge is 2.15. The zero-order chi connectivity index (χ0) is 20.4. The molecule has 0 aliphatic rings. The molecule has 0 atom stereocenters. The molecule has 0 aliphatic heterocycles. The van der Waals surface area contributed by atoms with Gasteiger partial charge in [-0.1, -0.05) is 35.5 Å². The van der Waals surface area contributed by atoms with Crippen LogP contribution in [0.5, 0.6) is 5.75 Å². The predicted octanol–water partition coefficient (Wildman–Crippen LogP) is 3.58. The van der Waals surface area contributed by atoms with Gasteiger partial charge in [0.05, 0.1) is 23.4 Å². The molecule has 0 N–H and O–H groups in total. The first-order chi connectivity index (χ1) is 14.1. The monoisotopic (exact) mass is 404 g/mol. The van der Waals surface area contributed by atoms with Crippen LogP contribution in [0.3, 0.4) is 0 Å². The molecule has 4 rings (SSSR count). The second-order valence-electron chi connectivity index (χ2n) is 6.14. The molecular formula is C22H16N2O4S. The van der Waals surface area contributed by atoms with Gasteiger partial charge in [0.1, 0.15) is 16.9 Å². The number of hydrogen-bond acceptors (Lipinski definition) is 5. The lowest BCUT2D eigenvalue weighted by Crippen LogP contribution is -2.19. The summed E-state index contributed by atoms with van der Waals surface area (Å²) < 4.78 is 13.4. The van der Waals surface area contributed by atoms with Crippen LogP contribution in [0.1, 0.15) is 17.3 Å². The van der Waals surface area contributed by atoms with Crippen molar-refractivity contribution in [1.82, 2.24) is 4.57 Å². The molecule has 1 amide bonds. The van der Waals surface area contributed by atoms with E-state index >= 15 is 0 Å². The van der Waals surface area contributed by atoms with Gasteiger partial charge in [0.25, 0.3) is 5.91 Å². The van der Waals surface area contributed by atoms with Crippen LogP contribution < -0.4 is 15.2 Å². The summed E-state index contributed by atoms with van der Waals surface area (Å²) in [6.45, 7) is 2.70. The third kappa shape index (κ3) is 3.58. The van der Waals surface area contributed by atoms with Crippen LogP contribution in [0, 0.1) is 12.3 Å². The van der Waals surface area contributed by atoms with Crippen molar-refractivity contribution in [3.8, 4) is 18.1 Å². The van der Waals surface area contributed by atoms with Crippen molar-refractivity contribution in [3.63, 3.8) is 0 Å². The molecule has 0 aliphatic carbocycles. The van der Waals surface area contributed by atoms with Crippen molar-refractivity contribution in [3.05, 3.63) is 69.3 Å². The average Bonchev–Trinajstić information content (AvgIpc) is 3.04. The number of terminal acetylenes is 1. The molecule has 0 fully saturated rings. The Labute approximate surface area is 169 Å². The molecule has 29 heavy (non-hydrogen) atoms. The average molecular weight is 404 g/mol. The van der Waals surface area contributed by atoms with Crippen LogP contribution in [-0.4, -0.2) is 17.1 Å². The number of para-hydroxylation sites is 1. The smallest absolute Gasteiger partial charge is 0.349 e. The molecule has 0 saturated heterocycles. The van der Waals surface area contributed by atoms with Crippen molar-refractivity contribution in [2.45, 2.75) is 13.5 Å². The van der Waals surface area contributed by atoms with E-state index in [-0.39, 0.29) is 12.1 Å². The van der Waals surface area contributed by atoms with Gasteiger partial charge in [0.15, 0.2) is 4.80 Å². The van der Waals surface area contributed by atoms with E-state index in [1.807, 2.05) is 25.1 Å². The van der Waals surface area contributed by atoms with Crippen LogP contribution in [0.25, 0.3) is 21.2 Å². The molecule has 144 valence electrons. The molecule has 4 aromatic rings. The maximum atomic E-state index is 12.8. The summed E-state index contributed by atoms with van der Waals surface area (Å²) in [6, 6.07) is 14.1. The molecule has 0 spiro atoms.